The third-order valence-electron chi connectivity index (χ3n) is 3.03. The minimum atomic E-state index is -0.632. The molecule has 0 bridgehead atoms. The number of carbonyl (C=O) groups is 1. The van der Waals surface area contributed by atoms with Crippen LogP contribution in [0.5, 0.6) is 0 Å². The molecule has 1 aliphatic rings. The number of primary amides is 1. The number of hydrogen-bond donors (Lipinski definition) is 1. The van der Waals surface area contributed by atoms with Gasteiger partial charge in [0, 0.05) is 18.9 Å². The van der Waals surface area contributed by atoms with Crippen LogP contribution < -0.4 is 10.6 Å². The molecule has 9 nitrogen and oxygen atoms in total. The summed E-state index contributed by atoms with van der Waals surface area (Å²) < 4.78 is 6.86. The zero-order valence-electron chi connectivity index (χ0n) is 10.9. The first kappa shape index (κ1) is 13.7. The van der Waals surface area contributed by atoms with Crippen LogP contribution in [0.15, 0.2) is 18.7 Å². The monoisotopic (exact) mass is 309 g/mol. The highest BCUT2D eigenvalue weighted by molar-refractivity contribution is 6.28. The van der Waals surface area contributed by atoms with Gasteiger partial charge in [-0.3, -0.25) is 9.36 Å². The molecule has 1 saturated heterocycles. The largest absolute Gasteiger partial charge is 0.377 e. The van der Waals surface area contributed by atoms with Gasteiger partial charge in [0.25, 0.3) is 0 Å². The van der Waals surface area contributed by atoms with Crippen molar-refractivity contribution in [3.63, 3.8) is 0 Å². The summed E-state index contributed by atoms with van der Waals surface area (Å²) in [4.78, 5) is 29.5. The number of nitrogens with two attached hydrogens (primary N) is 1. The summed E-state index contributed by atoms with van der Waals surface area (Å²) in [6.45, 7) is 1.09. The lowest BCUT2D eigenvalue weighted by molar-refractivity contribution is -0.121. The van der Waals surface area contributed by atoms with Gasteiger partial charge in [-0.05, 0) is 11.6 Å². The molecular weight excluding hydrogens is 298 g/mol. The van der Waals surface area contributed by atoms with Crippen LogP contribution in [-0.2, 0) is 9.53 Å². The molecule has 1 atom stereocenters. The Bertz CT molecular complexity index is 648. The number of anilines is 1. The van der Waals surface area contributed by atoms with Gasteiger partial charge in [-0.25, -0.2) is 4.98 Å². The van der Waals surface area contributed by atoms with Crippen molar-refractivity contribution in [2.75, 3.05) is 24.7 Å². The van der Waals surface area contributed by atoms with E-state index in [9.17, 15) is 4.79 Å². The number of halogens is 1. The van der Waals surface area contributed by atoms with Gasteiger partial charge in [0.15, 0.2) is 0 Å². The summed E-state index contributed by atoms with van der Waals surface area (Å²) >= 11 is 5.94. The molecule has 1 fully saturated rings. The first-order valence-electron chi connectivity index (χ1n) is 6.19. The molecule has 110 valence electrons. The van der Waals surface area contributed by atoms with Gasteiger partial charge >= 0.3 is 0 Å². The summed E-state index contributed by atoms with van der Waals surface area (Å²) in [6.07, 6.45) is 4.82. The normalized spacial score (nSPS) is 18.7. The van der Waals surface area contributed by atoms with Crippen molar-refractivity contribution in [1.29, 1.82) is 0 Å². The molecule has 10 heteroatoms. The number of imidazole rings is 1. The third kappa shape index (κ3) is 2.78. The van der Waals surface area contributed by atoms with E-state index in [4.69, 9.17) is 22.1 Å². The second-order valence-electron chi connectivity index (χ2n) is 4.36. The van der Waals surface area contributed by atoms with Crippen molar-refractivity contribution >= 4 is 23.5 Å². The maximum atomic E-state index is 11.5. The molecule has 0 saturated carbocycles. The number of hydrogen-bond acceptors (Lipinski definition) is 7. The zero-order chi connectivity index (χ0) is 14.8. The summed E-state index contributed by atoms with van der Waals surface area (Å²) in [5.41, 5.74) is 5.39. The summed E-state index contributed by atoms with van der Waals surface area (Å²) in [6, 6.07) is -0.632. The molecular formula is C11H12ClN7O2. The van der Waals surface area contributed by atoms with Gasteiger partial charge in [0.1, 0.15) is 12.4 Å². The van der Waals surface area contributed by atoms with Gasteiger partial charge in [0.2, 0.25) is 23.1 Å². The molecule has 3 rings (SSSR count). The fourth-order valence-electron chi connectivity index (χ4n) is 2.03. The first-order chi connectivity index (χ1) is 10.1. The van der Waals surface area contributed by atoms with E-state index >= 15 is 0 Å². The quantitative estimate of drug-likeness (QED) is 0.805. The number of ether oxygens (including phenoxy) is 1. The van der Waals surface area contributed by atoms with Gasteiger partial charge < -0.3 is 15.4 Å². The van der Waals surface area contributed by atoms with E-state index in [1.165, 1.54) is 0 Å². The standard InChI is InChI=1S/C11H12ClN7O2/c12-9-15-10(18-2-1-14-6-18)17-11(16-9)19-3-4-21-5-7(19)8(13)20/h1-2,6-7H,3-5H2,(H2,13,20). The number of rotatable bonds is 3. The van der Waals surface area contributed by atoms with Crippen LogP contribution in [0.25, 0.3) is 5.95 Å². The van der Waals surface area contributed by atoms with E-state index in [1.807, 2.05) is 0 Å². The Morgan fingerprint density at radius 2 is 2.19 bits per heavy atom. The topological polar surface area (TPSA) is 112 Å². The van der Waals surface area contributed by atoms with Crippen LogP contribution >= 0.6 is 11.6 Å². The smallest absolute Gasteiger partial charge is 0.242 e. The molecule has 0 radical (unpaired) electrons. The average molecular weight is 310 g/mol. The minimum Gasteiger partial charge on any atom is -0.377 e. The third-order valence-corrected chi connectivity index (χ3v) is 3.20. The number of aromatic nitrogens is 5. The van der Waals surface area contributed by atoms with Crippen LogP contribution in [0.3, 0.4) is 0 Å². The Morgan fingerprint density at radius 3 is 2.90 bits per heavy atom. The molecule has 0 aliphatic carbocycles. The highest BCUT2D eigenvalue weighted by atomic mass is 35.5. The number of amides is 1. The molecule has 1 aliphatic heterocycles. The van der Waals surface area contributed by atoms with Crippen LogP contribution in [0.1, 0.15) is 0 Å². The Hall–Kier alpha value is -2.26. The van der Waals surface area contributed by atoms with Gasteiger partial charge in [-0.15, -0.1) is 0 Å². The number of nitrogens with zero attached hydrogens (tertiary/aromatic N) is 6. The molecule has 3 heterocycles. The lowest BCUT2D eigenvalue weighted by Crippen LogP contribution is -2.53. The SMILES string of the molecule is NC(=O)C1COCCN1c1nc(Cl)nc(-n2ccnc2)n1. The molecule has 2 N–H and O–H groups in total. The van der Waals surface area contributed by atoms with Crippen molar-refractivity contribution in [1.82, 2.24) is 24.5 Å². The first-order valence-corrected chi connectivity index (χ1v) is 6.56. The molecule has 21 heavy (non-hydrogen) atoms. The van der Waals surface area contributed by atoms with Crippen molar-refractivity contribution in [3.05, 3.63) is 24.0 Å². The van der Waals surface area contributed by atoms with Crippen LogP contribution in [-0.4, -0.2) is 56.2 Å². The molecule has 2 aromatic heterocycles. The van der Waals surface area contributed by atoms with E-state index in [2.05, 4.69) is 19.9 Å². The van der Waals surface area contributed by atoms with E-state index in [1.54, 1.807) is 28.2 Å². The lowest BCUT2D eigenvalue weighted by Gasteiger charge is -2.33. The Labute approximate surface area is 124 Å². The molecule has 1 unspecified atom stereocenters. The van der Waals surface area contributed by atoms with Crippen molar-refractivity contribution < 1.29 is 9.53 Å². The lowest BCUT2D eigenvalue weighted by atomic mass is 10.2. The molecule has 0 aromatic carbocycles. The highest BCUT2D eigenvalue weighted by Gasteiger charge is 2.30. The fourth-order valence-corrected chi connectivity index (χ4v) is 2.18. The second-order valence-corrected chi connectivity index (χ2v) is 4.70. The molecule has 0 spiro atoms. The minimum absolute atomic E-state index is 0.0263. The highest BCUT2D eigenvalue weighted by Crippen LogP contribution is 2.18. The fraction of sp³-hybridized carbons (Fsp3) is 0.364. The summed E-state index contributed by atoms with van der Waals surface area (Å²) in [5, 5.41) is 0.0263. The van der Waals surface area contributed by atoms with Gasteiger partial charge in [-0.2, -0.15) is 15.0 Å². The van der Waals surface area contributed by atoms with Crippen LogP contribution in [0.4, 0.5) is 5.95 Å². The van der Waals surface area contributed by atoms with E-state index in [0.717, 1.165) is 0 Å². The zero-order valence-corrected chi connectivity index (χ0v) is 11.6. The predicted molar refractivity (Wildman–Crippen MR) is 73.1 cm³/mol. The summed E-state index contributed by atoms with van der Waals surface area (Å²) in [7, 11) is 0. The Kier molecular flexibility index (Phi) is 3.67. The van der Waals surface area contributed by atoms with Gasteiger partial charge in [0.05, 0.1) is 13.2 Å². The second kappa shape index (κ2) is 5.62. The number of morpholine rings is 1. The van der Waals surface area contributed by atoms with E-state index < -0.39 is 11.9 Å². The maximum Gasteiger partial charge on any atom is 0.242 e. The molecule has 1 amide bonds. The van der Waals surface area contributed by atoms with E-state index in [0.29, 0.717) is 19.1 Å². The maximum absolute atomic E-state index is 11.5. The Balaban J connectivity index is 1.99. The molecule has 2 aromatic rings. The van der Waals surface area contributed by atoms with Crippen molar-refractivity contribution in [2.24, 2.45) is 5.73 Å². The van der Waals surface area contributed by atoms with Crippen molar-refractivity contribution in [3.8, 4) is 5.95 Å². The van der Waals surface area contributed by atoms with Gasteiger partial charge in [-0.1, -0.05) is 0 Å². The van der Waals surface area contributed by atoms with E-state index in [-0.39, 0.29) is 17.8 Å². The summed E-state index contributed by atoms with van der Waals surface area (Å²) in [5.74, 6) is 0.0958. The Morgan fingerprint density at radius 1 is 1.38 bits per heavy atom. The van der Waals surface area contributed by atoms with Crippen molar-refractivity contribution in [2.45, 2.75) is 6.04 Å². The predicted octanol–water partition coefficient (Wildman–Crippen LogP) is -0.599. The average Bonchev–Trinajstić information content (AvgIpc) is 3.01. The number of carbonyl (C=O) groups excluding carboxylic acids is 1. The van der Waals surface area contributed by atoms with Crippen LogP contribution in [0.2, 0.25) is 5.28 Å². The van der Waals surface area contributed by atoms with Crippen LogP contribution in [0, 0.1) is 0 Å².